The summed E-state index contributed by atoms with van der Waals surface area (Å²) in [6, 6.07) is 0. The van der Waals surface area contributed by atoms with Crippen LogP contribution in [0.5, 0.6) is 0 Å². The molecular formula is C57H92O6. The number of hydrogen-bond acceptors (Lipinski definition) is 6. The largest absolute Gasteiger partial charge is 0.462 e. The molecule has 0 saturated carbocycles. The van der Waals surface area contributed by atoms with E-state index in [9.17, 15) is 14.4 Å². The third-order valence-corrected chi connectivity index (χ3v) is 10.2. The summed E-state index contributed by atoms with van der Waals surface area (Å²) in [4.78, 5) is 37.9. The first-order valence-corrected chi connectivity index (χ1v) is 25.4. The van der Waals surface area contributed by atoms with Crippen molar-refractivity contribution >= 4 is 17.9 Å². The molecule has 0 N–H and O–H groups in total. The second kappa shape index (κ2) is 50.7. The van der Waals surface area contributed by atoms with E-state index in [-0.39, 0.29) is 37.5 Å². The second-order valence-corrected chi connectivity index (χ2v) is 16.3. The van der Waals surface area contributed by atoms with Crippen molar-refractivity contribution in [3.05, 3.63) is 109 Å². The molecule has 0 rings (SSSR count). The van der Waals surface area contributed by atoms with Gasteiger partial charge in [-0.15, -0.1) is 0 Å². The van der Waals surface area contributed by atoms with Gasteiger partial charge in [0.2, 0.25) is 0 Å². The third kappa shape index (κ3) is 49.0. The summed E-state index contributed by atoms with van der Waals surface area (Å²) in [6.45, 7) is 6.35. The summed E-state index contributed by atoms with van der Waals surface area (Å²) in [7, 11) is 0. The Bertz CT molecular complexity index is 1330. The molecule has 0 unspecified atom stereocenters. The van der Waals surface area contributed by atoms with Gasteiger partial charge in [-0.3, -0.25) is 14.4 Å². The maximum atomic E-state index is 12.7. The summed E-state index contributed by atoms with van der Waals surface area (Å²) >= 11 is 0. The predicted octanol–water partition coefficient (Wildman–Crippen LogP) is 16.8. The van der Waals surface area contributed by atoms with E-state index in [1.807, 2.05) is 12.2 Å². The van der Waals surface area contributed by atoms with Crippen LogP contribution in [0.1, 0.15) is 213 Å². The lowest BCUT2D eigenvalue weighted by atomic mass is 10.1. The highest BCUT2D eigenvalue weighted by molar-refractivity contribution is 5.71. The standard InChI is InChI=1S/C57H92O6/c1-4-7-10-13-16-19-22-24-26-27-28-29-31-33-36-38-41-44-47-50-56(59)62-53-54(63-57(60)51-48-45-42-39-34-21-18-15-12-9-6-3)52-61-55(58)49-46-43-40-37-35-32-30-25-23-20-17-14-11-8-5-2/h8,11,15-20,24-26,28-30,33,36,41,44,54H,4-7,9-10,12-14,21-23,27,31-32,34-35,37-40,42-43,45-53H2,1-3H3/b11-8-,18-15-,19-16-,20-17-,26-24-,29-28-,30-25-,36-33-,44-41-/t54-/m1/s1. The van der Waals surface area contributed by atoms with Crippen molar-refractivity contribution in [2.75, 3.05) is 13.2 Å². The maximum Gasteiger partial charge on any atom is 0.306 e. The molecule has 0 aliphatic carbocycles. The summed E-state index contributed by atoms with van der Waals surface area (Å²) in [5.74, 6) is -1.03. The number of hydrogen-bond donors (Lipinski definition) is 0. The smallest absolute Gasteiger partial charge is 0.306 e. The first-order valence-electron chi connectivity index (χ1n) is 25.4. The van der Waals surface area contributed by atoms with Crippen LogP contribution >= 0.6 is 0 Å². The number of carbonyl (C=O) groups is 3. The van der Waals surface area contributed by atoms with Crippen molar-refractivity contribution < 1.29 is 28.6 Å². The normalized spacial score (nSPS) is 13.0. The SMILES string of the molecule is CC/C=C\C/C=C\C/C=C\CCCCCCCC(=O)OC[C@H](COC(=O)CC/C=C\C/C=C\C/C=C\C/C=C\C/C=C\CCCCC)OC(=O)CCCCCCC/C=C\CCCC. The van der Waals surface area contributed by atoms with Gasteiger partial charge >= 0.3 is 17.9 Å². The molecule has 0 fully saturated rings. The molecule has 0 radical (unpaired) electrons. The molecule has 0 heterocycles. The zero-order valence-electron chi connectivity index (χ0n) is 40.5. The number of carbonyl (C=O) groups excluding carboxylic acids is 3. The zero-order valence-corrected chi connectivity index (χ0v) is 40.5. The Morgan fingerprint density at radius 3 is 1.13 bits per heavy atom. The average molecular weight is 873 g/mol. The van der Waals surface area contributed by atoms with Crippen LogP contribution in [0.4, 0.5) is 0 Å². The molecule has 63 heavy (non-hydrogen) atoms. The average Bonchev–Trinajstić information content (AvgIpc) is 3.28. The Labute approximate surface area is 387 Å². The van der Waals surface area contributed by atoms with Crippen molar-refractivity contribution in [1.29, 1.82) is 0 Å². The zero-order chi connectivity index (χ0) is 45.8. The van der Waals surface area contributed by atoms with Crippen molar-refractivity contribution in [2.24, 2.45) is 0 Å². The Kier molecular flexibility index (Phi) is 47.5. The van der Waals surface area contributed by atoms with Crippen molar-refractivity contribution in [3.63, 3.8) is 0 Å². The van der Waals surface area contributed by atoms with Gasteiger partial charge in [0.25, 0.3) is 0 Å². The van der Waals surface area contributed by atoms with E-state index >= 15 is 0 Å². The van der Waals surface area contributed by atoms with E-state index < -0.39 is 6.10 Å². The minimum atomic E-state index is -0.820. The van der Waals surface area contributed by atoms with E-state index in [2.05, 4.69) is 118 Å². The van der Waals surface area contributed by atoms with E-state index in [0.29, 0.717) is 19.3 Å². The number of allylic oxidation sites excluding steroid dienone is 18. The highest BCUT2D eigenvalue weighted by Crippen LogP contribution is 2.12. The summed E-state index contributed by atoms with van der Waals surface area (Å²) in [5.41, 5.74) is 0. The molecule has 6 heteroatoms. The number of esters is 3. The Balaban J connectivity index is 4.52. The van der Waals surface area contributed by atoms with Crippen LogP contribution in [0.3, 0.4) is 0 Å². The molecule has 6 nitrogen and oxygen atoms in total. The van der Waals surface area contributed by atoms with Crippen LogP contribution in [0, 0.1) is 0 Å². The van der Waals surface area contributed by atoms with Gasteiger partial charge in [0, 0.05) is 19.3 Å². The maximum absolute atomic E-state index is 12.7. The van der Waals surface area contributed by atoms with Crippen LogP contribution in [-0.4, -0.2) is 37.2 Å². The second-order valence-electron chi connectivity index (χ2n) is 16.3. The van der Waals surface area contributed by atoms with Crippen LogP contribution in [0.15, 0.2) is 109 Å². The molecule has 0 aromatic heterocycles. The fourth-order valence-electron chi connectivity index (χ4n) is 6.42. The van der Waals surface area contributed by atoms with Crippen LogP contribution in [-0.2, 0) is 28.6 Å². The van der Waals surface area contributed by atoms with Gasteiger partial charge in [-0.05, 0) is 109 Å². The Morgan fingerprint density at radius 1 is 0.333 bits per heavy atom. The van der Waals surface area contributed by atoms with Gasteiger partial charge in [0.05, 0.1) is 0 Å². The van der Waals surface area contributed by atoms with E-state index in [1.165, 1.54) is 51.4 Å². The molecule has 0 bridgehead atoms. The molecular weight excluding hydrogens is 781 g/mol. The molecule has 0 amide bonds. The molecule has 0 spiro atoms. The van der Waals surface area contributed by atoms with E-state index in [4.69, 9.17) is 14.2 Å². The molecule has 0 aliphatic rings. The highest BCUT2D eigenvalue weighted by Gasteiger charge is 2.19. The molecule has 0 saturated heterocycles. The van der Waals surface area contributed by atoms with Gasteiger partial charge in [-0.2, -0.15) is 0 Å². The van der Waals surface area contributed by atoms with E-state index in [1.54, 1.807) is 0 Å². The lowest BCUT2D eigenvalue weighted by Gasteiger charge is -2.18. The number of rotatable bonds is 44. The van der Waals surface area contributed by atoms with Crippen LogP contribution in [0.25, 0.3) is 0 Å². The molecule has 356 valence electrons. The minimum Gasteiger partial charge on any atom is -0.462 e. The lowest BCUT2D eigenvalue weighted by Crippen LogP contribution is -2.30. The van der Waals surface area contributed by atoms with Gasteiger partial charge in [-0.1, -0.05) is 194 Å². The number of unbranched alkanes of at least 4 members (excludes halogenated alkanes) is 15. The third-order valence-electron chi connectivity index (χ3n) is 10.2. The van der Waals surface area contributed by atoms with Crippen molar-refractivity contribution in [3.8, 4) is 0 Å². The van der Waals surface area contributed by atoms with Gasteiger partial charge in [0.15, 0.2) is 6.10 Å². The van der Waals surface area contributed by atoms with Gasteiger partial charge < -0.3 is 14.2 Å². The van der Waals surface area contributed by atoms with Crippen molar-refractivity contribution in [2.45, 2.75) is 219 Å². The molecule has 0 aliphatic heterocycles. The van der Waals surface area contributed by atoms with Crippen molar-refractivity contribution in [1.82, 2.24) is 0 Å². The fourth-order valence-corrected chi connectivity index (χ4v) is 6.42. The molecule has 0 aromatic rings. The quantitative estimate of drug-likeness (QED) is 0.0263. The lowest BCUT2D eigenvalue weighted by molar-refractivity contribution is -0.166. The highest BCUT2D eigenvalue weighted by atomic mass is 16.6. The monoisotopic (exact) mass is 873 g/mol. The number of ether oxygens (including phenoxy) is 3. The van der Waals surface area contributed by atoms with Gasteiger partial charge in [0.1, 0.15) is 13.2 Å². The van der Waals surface area contributed by atoms with Gasteiger partial charge in [-0.25, -0.2) is 0 Å². The predicted molar refractivity (Wildman–Crippen MR) is 270 cm³/mol. The molecule has 0 aromatic carbocycles. The Morgan fingerprint density at radius 2 is 0.667 bits per heavy atom. The van der Waals surface area contributed by atoms with Crippen LogP contribution < -0.4 is 0 Å². The summed E-state index contributed by atoms with van der Waals surface area (Å²) in [5, 5.41) is 0. The topological polar surface area (TPSA) is 78.9 Å². The summed E-state index contributed by atoms with van der Waals surface area (Å²) < 4.78 is 16.7. The molecule has 1 atom stereocenters. The first-order chi connectivity index (χ1) is 31.0. The van der Waals surface area contributed by atoms with Crippen LogP contribution in [0.2, 0.25) is 0 Å². The Hall–Kier alpha value is -3.93. The minimum absolute atomic E-state index is 0.116. The van der Waals surface area contributed by atoms with E-state index in [0.717, 1.165) is 116 Å². The first kappa shape index (κ1) is 59.1. The summed E-state index contributed by atoms with van der Waals surface area (Å²) in [6.07, 6.45) is 68.0. The fraction of sp³-hybridized carbons (Fsp3) is 0.632.